The molecule has 0 bridgehead atoms. The van der Waals surface area contributed by atoms with Crippen molar-refractivity contribution >= 4 is 5.69 Å². The molecule has 0 fully saturated rings. The van der Waals surface area contributed by atoms with Crippen LogP contribution in [-0.2, 0) is 5.60 Å². The maximum absolute atomic E-state index is 10.3. The molecule has 0 heterocycles. The molecule has 0 saturated carbocycles. The Morgan fingerprint density at radius 3 is 2.44 bits per heavy atom. The summed E-state index contributed by atoms with van der Waals surface area (Å²) in [7, 11) is 0. The molecule has 1 aromatic carbocycles. The van der Waals surface area contributed by atoms with Crippen LogP contribution in [0, 0.1) is 0 Å². The fraction of sp³-hybridized carbons (Fsp3) is 0.500. The SMILES string of the molecule is CCCNc1ccccc1C(O)(CN)CN. The van der Waals surface area contributed by atoms with Gasteiger partial charge in [-0.3, -0.25) is 0 Å². The lowest BCUT2D eigenvalue weighted by atomic mass is 9.92. The van der Waals surface area contributed by atoms with E-state index < -0.39 is 5.60 Å². The van der Waals surface area contributed by atoms with E-state index in [-0.39, 0.29) is 13.1 Å². The van der Waals surface area contributed by atoms with Crippen molar-refractivity contribution < 1.29 is 5.11 Å². The van der Waals surface area contributed by atoms with Crippen molar-refractivity contribution in [2.45, 2.75) is 18.9 Å². The van der Waals surface area contributed by atoms with Crippen LogP contribution in [0.25, 0.3) is 0 Å². The van der Waals surface area contributed by atoms with E-state index in [9.17, 15) is 5.11 Å². The minimum Gasteiger partial charge on any atom is -0.385 e. The third kappa shape index (κ3) is 2.72. The average Bonchev–Trinajstić information content (AvgIpc) is 2.35. The van der Waals surface area contributed by atoms with Crippen LogP contribution >= 0.6 is 0 Å². The lowest BCUT2D eigenvalue weighted by molar-refractivity contribution is 0.0561. The molecule has 6 N–H and O–H groups in total. The zero-order valence-corrected chi connectivity index (χ0v) is 9.74. The highest BCUT2D eigenvalue weighted by Gasteiger charge is 2.28. The molecule has 1 rings (SSSR count). The van der Waals surface area contributed by atoms with Crippen LogP contribution in [-0.4, -0.2) is 24.7 Å². The number of rotatable bonds is 6. The summed E-state index contributed by atoms with van der Waals surface area (Å²) < 4.78 is 0. The van der Waals surface area contributed by atoms with Gasteiger partial charge in [0.05, 0.1) is 0 Å². The van der Waals surface area contributed by atoms with Crippen LogP contribution in [0.1, 0.15) is 18.9 Å². The Morgan fingerprint density at radius 2 is 1.88 bits per heavy atom. The van der Waals surface area contributed by atoms with Gasteiger partial charge in [-0.15, -0.1) is 0 Å². The monoisotopic (exact) mass is 223 g/mol. The number of benzene rings is 1. The first-order valence-corrected chi connectivity index (χ1v) is 5.64. The highest BCUT2D eigenvalue weighted by Crippen LogP contribution is 2.26. The molecule has 4 nitrogen and oxygen atoms in total. The van der Waals surface area contributed by atoms with Crippen molar-refractivity contribution in [1.82, 2.24) is 0 Å². The highest BCUT2D eigenvalue weighted by molar-refractivity contribution is 5.54. The second-order valence-corrected chi connectivity index (χ2v) is 3.91. The van der Waals surface area contributed by atoms with Gasteiger partial charge in [0.1, 0.15) is 5.60 Å². The highest BCUT2D eigenvalue weighted by atomic mass is 16.3. The molecule has 0 aromatic heterocycles. The third-order valence-electron chi connectivity index (χ3n) is 2.67. The Bertz CT molecular complexity index is 324. The lowest BCUT2D eigenvalue weighted by Gasteiger charge is -2.27. The Kier molecular flexibility index (Phi) is 4.73. The van der Waals surface area contributed by atoms with Crippen LogP contribution in [0.3, 0.4) is 0 Å². The zero-order chi connectivity index (χ0) is 12.0. The van der Waals surface area contributed by atoms with E-state index in [0.29, 0.717) is 0 Å². The standard InChI is InChI=1S/C12H21N3O/c1-2-7-15-11-6-4-3-5-10(11)12(16,8-13)9-14/h3-6,15-16H,2,7-9,13-14H2,1H3. The summed E-state index contributed by atoms with van der Waals surface area (Å²) in [4.78, 5) is 0. The Labute approximate surface area is 96.6 Å². The molecule has 0 spiro atoms. The molecule has 1 aromatic rings. The van der Waals surface area contributed by atoms with Gasteiger partial charge < -0.3 is 21.9 Å². The van der Waals surface area contributed by atoms with Gasteiger partial charge in [0.2, 0.25) is 0 Å². The summed E-state index contributed by atoms with van der Waals surface area (Å²) in [6, 6.07) is 7.59. The average molecular weight is 223 g/mol. The van der Waals surface area contributed by atoms with Gasteiger partial charge in [0.25, 0.3) is 0 Å². The van der Waals surface area contributed by atoms with Crippen molar-refractivity contribution in [1.29, 1.82) is 0 Å². The minimum absolute atomic E-state index is 0.119. The van der Waals surface area contributed by atoms with Gasteiger partial charge in [-0.1, -0.05) is 25.1 Å². The predicted molar refractivity (Wildman–Crippen MR) is 67.2 cm³/mol. The first-order valence-electron chi connectivity index (χ1n) is 5.64. The van der Waals surface area contributed by atoms with Gasteiger partial charge in [0, 0.05) is 30.9 Å². The lowest BCUT2D eigenvalue weighted by Crippen LogP contribution is -2.42. The molecule has 4 heteroatoms. The van der Waals surface area contributed by atoms with Gasteiger partial charge >= 0.3 is 0 Å². The molecule has 0 atom stereocenters. The molecular formula is C12H21N3O. The summed E-state index contributed by atoms with van der Waals surface area (Å²) in [5.74, 6) is 0. The van der Waals surface area contributed by atoms with Crippen LogP contribution in [0.4, 0.5) is 5.69 Å². The summed E-state index contributed by atoms with van der Waals surface area (Å²) in [6.07, 6.45) is 1.03. The third-order valence-corrected chi connectivity index (χ3v) is 2.67. The molecule has 16 heavy (non-hydrogen) atoms. The molecule has 0 radical (unpaired) electrons. The molecule has 0 unspecified atom stereocenters. The number of hydrogen-bond donors (Lipinski definition) is 4. The Balaban J connectivity index is 3.01. The molecule has 0 aliphatic carbocycles. The summed E-state index contributed by atoms with van der Waals surface area (Å²) in [5.41, 5.74) is 11.7. The fourth-order valence-electron chi connectivity index (χ4n) is 1.61. The van der Waals surface area contributed by atoms with Crippen LogP contribution < -0.4 is 16.8 Å². The molecule has 90 valence electrons. The van der Waals surface area contributed by atoms with E-state index in [1.807, 2.05) is 24.3 Å². The van der Waals surface area contributed by atoms with Crippen molar-refractivity contribution in [3.63, 3.8) is 0 Å². The first kappa shape index (κ1) is 13.0. The van der Waals surface area contributed by atoms with Gasteiger partial charge in [-0.05, 0) is 12.5 Å². The van der Waals surface area contributed by atoms with Gasteiger partial charge in [-0.2, -0.15) is 0 Å². The number of nitrogens with one attached hydrogen (secondary N) is 1. The van der Waals surface area contributed by atoms with Crippen molar-refractivity contribution in [2.75, 3.05) is 25.0 Å². The summed E-state index contributed by atoms with van der Waals surface area (Å²) >= 11 is 0. The predicted octanol–water partition coefficient (Wildman–Crippen LogP) is 0.614. The maximum Gasteiger partial charge on any atom is 0.116 e. The van der Waals surface area contributed by atoms with Gasteiger partial charge in [-0.25, -0.2) is 0 Å². The normalized spacial score (nSPS) is 11.5. The minimum atomic E-state index is -1.14. The summed E-state index contributed by atoms with van der Waals surface area (Å²) in [5, 5.41) is 13.6. The molecule has 0 saturated heterocycles. The Hall–Kier alpha value is -1.10. The van der Waals surface area contributed by atoms with Crippen LogP contribution in [0.15, 0.2) is 24.3 Å². The van der Waals surface area contributed by atoms with E-state index in [1.165, 1.54) is 0 Å². The van der Waals surface area contributed by atoms with Crippen molar-refractivity contribution in [3.05, 3.63) is 29.8 Å². The van der Waals surface area contributed by atoms with E-state index in [4.69, 9.17) is 11.5 Å². The second-order valence-electron chi connectivity index (χ2n) is 3.91. The van der Waals surface area contributed by atoms with E-state index in [0.717, 1.165) is 24.2 Å². The zero-order valence-electron chi connectivity index (χ0n) is 9.74. The topological polar surface area (TPSA) is 84.3 Å². The van der Waals surface area contributed by atoms with Gasteiger partial charge in [0.15, 0.2) is 0 Å². The van der Waals surface area contributed by atoms with Crippen LogP contribution in [0.2, 0.25) is 0 Å². The second kappa shape index (κ2) is 5.84. The Morgan fingerprint density at radius 1 is 1.25 bits per heavy atom. The van der Waals surface area contributed by atoms with E-state index in [2.05, 4.69) is 12.2 Å². The molecule has 0 aliphatic heterocycles. The molecule has 0 amide bonds. The quantitative estimate of drug-likeness (QED) is 0.569. The number of para-hydroxylation sites is 1. The maximum atomic E-state index is 10.3. The molecule has 0 aliphatic rings. The van der Waals surface area contributed by atoms with Crippen molar-refractivity contribution in [3.8, 4) is 0 Å². The van der Waals surface area contributed by atoms with E-state index in [1.54, 1.807) is 0 Å². The number of aliphatic hydroxyl groups is 1. The molecular weight excluding hydrogens is 202 g/mol. The summed E-state index contributed by atoms with van der Waals surface area (Å²) in [6.45, 7) is 3.19. The van der Waals surface area contributed by atoms with E-state index >= 15 is 0 Å². The smallest absolute Gasteiger partial charge is 0.116 e. The largest absolute Gasteiger partial charge is 0.385 e. The fourth-order valence-corrected chi connectivity index (χ4v) is 1.61. The number of hydrogen-bond acceptors (Lipinski definition) is 4. The number of nitrogens with two attached hydrogens (primary N) is 2. The van der Waals surface area contributed by atoms with Crippen molar-refractivity contribution in [2.24, 2.45) is 11.5 Å². The number of anilines is 1. The first-order chi connectivity index (χ1) is 7.68. The van der Waals surface area contributed by atoms with Crippen LogP contribution in [0.5, 0.6) is 0 Å².